The van der Waals surface area contributed by atoms with E-state index in [1.807, 2.05) is 0 Å². The van der Waals surface area contributed by atoms with Crippen LogP contribution in [0.15, 0.2) is 30.3 Å². The lowest BCUT2D eigenvalue weighted by Crippen LogP contribution is -2.39. The van der Waals surface area contributed by atoms with Crippen molar-refractivity contribution in [1.29, 1.82) is 0 Å². The number of amides is 1. The highest BCUT2D eigenvalue weighted by atomic mass is 19.4. The number of nitrogens with one attached hydrogen (secondary N) is 1. The molecule has 10 heteroatoms. The van der Waals surface area contributed by atoms with E-state index in [1.54, 1.807) is 4.68 Å². The third-order valence-electron chi connectivity index (χ3n) is 6.90. The molecule has 0 spiro atoms. The predicted molar refractivity (Wildman–Crippen MR) is 124 cm³/mol. The van der Waals surface area contributed by atoms with Crippen LogP contribution in [0.3, 0.4) is 0 Å². The number of hydrogen-bond acceptors (Lipinski definition) is 4. The molecule has 1 saturated carbocycles. The molecular formula is C25H31F3N4O3. The van der Waals surface area contributed by atoms with Crippen molar-refractivity contribution in [2.45, 2.75) is 69.6 Å². The molecule has 2 heterocycles. The number of halogens is 3. The van der Waals surface area contributed by atoms with E-state index in [1.165, 1.54) is 24.3 Å². The second kappa shape index (κ2) is 10.8. The molecule has 0 radical (unpaired) electrons. The number of hydrogen-bond donors (Lipinski definition) is 2. The molecule has 2 fully saturated rings. The molecule has 0 unspecified atom stereocenters. The predicted octanol–water partition coefficient (Wildman–Crippen LogP) is 4.74. The van der Waals surface area contributed by atoms with Crippen LogP contribution >= 0.6 is 0 Å². The molecule has 0 bridgehead atoms. The first-order valence-corrected chi connectivity index (χ1v) is 12.2. The van der Waals surface area contributed by atoms with Crippen molar-refractivity contribution in [2.24, 2.45) is 0 Å². The number of carboxylic acid groups (broad SMARTS) is 1. The topological polar surface area (TPSA) is 87.5 Å². The van der Waals surface area contributed by atoms with Gasteiger partial charge in [-0.25, -0.2) is 0 Å². The molecule has 1 aliphatic heterocycles. The summed E-state index contributed by atoms with van der Waals surface area (Å²) in [7, 11) is 0. The van der Waals surface area contributed by atoms with Crippen LogP contribution < -0.4 is 5.32 Å². The quantitative estimate of drug-likeness (QED) is 0.528. The molecule has 2 aromatic rings. The second-order valence-electron chi connectivity index (χ2n) is 9.45. The number of aliphatic carboxylic acids is 1. The first kappa shape index (κ1) is 25.2. The fraction of sp³-hybridized carbons (Fsp3) is 0.560. The van der Waals surface area contributed by atoms with Gasteiger partial charge < -0.3 is 15.3 Å². The van der Waals surface area contributed by atoms with E-state index in [9.17, 15) is 27.9 Å². The lowest BCUT2D eigenvalue weighted by atomic mass is 10.0. The van der Waals surface area contributed by atoms with Crippen LogP contribution in [0.4, 0.5) is 13.2 Å². The number of alkyl halides is 3. The Morgan fingerprint density at radius 3 is 2.46 bits per heavy atom. The van der Waals surface area contributed by atoms with Gasteiger partial charge in [0.1, 0.15) is 0 Å². The van der Waals surface area contributed by atoms with E-state index >= 15 is 0 Å². The monoisotopic (exact) mass is 492 g/mol. The van der Waals surface area contributed by atoms with Gasteiger partial charge in [0.2, 0.25) is 0 Å². The van der Waals surface area contributed by atoms with Gasteiger partial charge in [0.25, 0.3) is 5.91 Å². The highest BCUT2D eigenvalue weighted by Gasteiger charge is 2.35. The van der Waals surface area contributed by atoms with Crippen LogP contribution in [0.5, 0.6) is 0 Å². The van der Waals surface area contributed by atoms with E-state index in [-0.39, 0.29) is 29.4 Å². The number of nitrogens with zero attached hydrogens (tertiary/aromatic N) is 3. The maximum Gasteiger partial charge on any atom is 0.417 e. The molecule has 35 heavy (non-hydrogen) atoms. The molecule has 1 aromatic heterocycles. The number of likely N-dealkylation sites (tertiary alicyclic amines) is 1. The molecule has 190 valence electrons. The summed E-state index contributed by atoms with van der Waals surface area (Å²) in [5.41, 5.74) is -0.544. The Morgan fingerprint density at radius 2 is 1.80 bits per heavy atom. The van der Waals surface area contributed by atoms with Gasteiger partial charge in [-0.15, -0.1) is 0 Å². The van der Waals surface area contributed by atoms with E-state index in [4.69, 9.17) is 0 Å². The molecule has 2 aliphatic rings. The van der Waals surface area contributed by atoms with Crippen molar-refractivity contribution in [1.82, 2.24) is 20.0 Å². The highest BCUT2D eigenvalue weighted by molar-refractivity contribution is 5.94. The van der Waals surface area contributed by atoms with Crippen LogP contribution in [0.2, 0.25) is 0 Å². The summed E-state index contributed by atoms with van der Waals surface area (Å²) in [6.07, 6.45) is 1.37. The average molecular weight is 493 g/mol. The largest absolute Gasteiger partial charge is 0.481 e. The number of aromatic nitrogens is 2. The van der Waals surface area contributed by atoms with Crippen LogP contribution in [0, 0.1) is 0 Å². The number of rotatable bonds is 9. The minimum Gasteiger partial charge on any atom is -0.481 e. The van der Waals surface area contributed by atoms with Crippen molar-refractivity contribution in [3.8, 4) is 11.3 Å². The van der Waals surface area contributed by atoms with Crippen molar-refractivity contribution in [2.75, 3.05) is 19.6 Å². The van der Waals surface area contributed by atoms with Gasteiger partial charge in [-0.2, -0.15) is 18.3 Å². The number of carbonyl (C=O) groups is 2. The number of carboxylic acids is 1. The third kappa shape index (κ3) is 6.22. The molecule has 7 nitrogen and oxygen atoms in total. The first-order chi connectivity index (χ1) is 16.7. The zero-order valence-corrected chi connectivity index (χ0v) is 19.6. The van der Waals surface area contributed by atoms with Gasteiger partial charge in [-0.05, 0) is 57.3 Å². The zero-order valence-electron chi connectivity index (χ0n) is 19.6. The van der Waals surface area contributed by atoms with Gasteiger partial charge in [0, 0.05) is 18.2 Å². The Bertz CT molecular complexity index is 1040. The maximum atomic E-state index is 13.7. The van der Waals surface area contributed by atoms with E-state index in [0.717, 1.165) is 57.7 Å². The summed E-state index contributed by atoms with van der Waals surface area (Å²) in [5, 5.41) is 16.5. The van der Waals surface area contributed by atoms with Crippen LogP contribution in [-0.2, 0) is 11.0 Å². The second-order valence-corrected chi connectivity index (χ2v) is 9.45. The van der Waals surface area contributed by atoms with Crippen molar-refractivity contribution >= 4 is 11.9 Å². The van der Waals surface area contributed by atoms with Crippen molar-refractivity contribution in [3.05, 3.63) is 41.6 Å². The smallest absolute Gasteiger partial charge is 0.417 e. The SMILES string of the molecule is O=C(O)C[C@H](CCN1CCCC1)NC(=O)c1cc(-c2ccccc2C(F)(F)F)n(C2CCCC2)n1. The Morgan fingerprint density at radius 1 is 1.11 bits per heavy atom. The Labute approximate surface area is 202 Å². The third-order valence-corrected chi connectivity index (χ3v) is 6.90. The van der Waals surface area contributed by atoms with Crippen molar-refractivity contribution in [3.63, 3.8) is 0 Å². The highest BCUT2D eigenvalue weighted by Crippen LogP contribution is 2.40. The van der Waals surface area contributed by atoms with Gasteiger partial charge in [-0.3, -0.25) is 14.3 Å². The van der Waals surface area contributed by atoms with Crippen LogP contribution in [0.25, 0.3) is 11.3 Å². The molecule has 1 aromatic carbocycles. The standard InChI is InChI=1S/C25H31F3N4O3/c26-25(27,28)20-10-4-3-9-19(20)22-16-21(30-32(22)18-7-1-2-8-18)24(35)29-17(15-23(33)34)11-14-31-12-5-6-13-31/h3-4,9-10,16-18H,1-2,5-8,11-15H2,(H,29,35)(H,33,34)/t17-/m0/s1. The average Bonchev–Trinajstić information content (AvgIpc) is 3.58. The summed E-state index contributed by atoms with van der Waals surface area (Å²) in [6, 6.07) is 6.03. The lowest BCUT2D eigenvalue weighted by molar-refractivity contribution is -0.138. The molecule has 1 amide bonds. The molecule has 4 rings (SSSR count). The van der Waals surface area contributed by atoms with Gasteiger partial charge >= 0.3 is 12.1 Å². The Kier molecular flexibility index (Phi) is 7.78. The van der Waals surface area contributed by atoms with E-state index < -0.39 is 29.7 Å². The molecule has 1 aliphatic carbocycles. The zero-order chi connectivity index (χ0) is 25.0. The van der Waals surface area contributed by atoms with Crippen LogP contribution in [-0.4, -0.2) is 57.3 Å². The first-order valence-electron chi connectivity index (χ1n) is 12.2. The fourth-order valence-corrected chi connectivity index (χ4v) is 5.13. The summed E-state index contributed by atoms with van der Waals surface area (Å²) in [6.45, 7) is 2.60. The van der Waals surface area contributed by atoms with Crippen molar-refractivity contribution < 1.29 is 27.9 Å². The molecule has 1 saturated heterocycles. The lowest BCUT2D eigenvalue weighted by Gasteiger charge is -2.20. The molecular weight excluding hydrogens is 461 g/mol. The van der Waals surface area contributed by atoms with Gasteiger partial charge in [-0.1, -0.05) is 31.0 Å². The molecule has 2 N–H and O–H groups in total. The number of carbonyl (C=O) groups excluding carboxylic acids is 1. The van der Waals surface area contributed by atoms with E-state index in [2.05, 4.69) is 15.3 Å². The summed E-state index contributed by atoms with van der Waals surface area (Å²) < 4.78 is 42.8. The summed E-state index contributed by atoms with van der Waals surface area (Å²) in [5.74, 6) is -1.59. The molecule has 1 atom stereocenters. The Balaban J connectivity index is 1.60. The van der Waals surface area contributed by atoms with Gasteiger partial charge in [0.05, 0.1) is 23.7 Å². The maximum absolute atomic E-state index is 13.7. The Hall–Kier alpha value is -2.88. The minimum absolute atomic E-state index is 0.000406. The number of benzene rings is 1. The normalized spacial score (nSPS) is 18.1. The fourth-order valence-electron chi connectivity index (χ4n) is 5.13. The summed E-state index contributed by atoms with van der Waals surface area (Å²) >= 11 is 0. The minimum atomic E-state index is -4.55. The van der Waals surface area contributed by atoms with Gasteiger partial charge in [0.15, 0.2) is 5.69 Å². The van der Waals surface area contributed by atoms with E-state index in [0.29, 0.717) is 13.0 Å². The summed E-state index contributed by atoms with van der Waals surface area (Å²) in [4.78, 5) is 26.7. The van der Waals surface area contributed by atoms with Crippen LogP contribution in [0.1, 0.15) is 73.5 Å².